The zero-order valence-corrected chi connectivity index (χ0v) is 18.3. The Hall–Kier alpha value is -0.120. The molecule has 3 aliphatic heterocycles. The highest BCUT2D eigenvalue weighted by molar-refractivity contribution is 14.0. The van der Waals surface area contributed by atoms with Gasteiger partial charge in [-0.3, -0.25) is 14.8 Å². The van der Waals surface area contributed by atoms with Gasteiger partial charge in [0.05, 0.1) is 0 Å². The maximum absolute atomic E-state index is 5.33. The fourth-order valence-electron chi connectivity index (χ4n) is 4.58. The number of nitrogens with zero attached hydrogens (tertiary/aromatic N) is 3. The van der Waals surface area contributed by atoms with Crippen LogP contribution < -0.4 is 10.6 Å². The Morgan fingerprint density at radius 2 is 1.88 bits per heavy atom. The average Bonchev–Trinajstić information content (AvgIpc) is 3.10. The minimum absolute atomic E-state index is 0. The summed E-state index contributed by atoms with van der Waals surface area (Å²) in [7, 11) is 3.68. The Labute approximate surface area is 170 Å². The van der Waals surface area contributed by atoms with Gasteiger partial charge < -0.3 is 15.4 Å². The number of guanidine groups is 1. The van der Waals surface area contributed by atoms with E-state index in [-0.39, 0.29) is 24.0 Å². The van der Waals surface area contributed by atoms with E-state index < -0.39 is 0 Å². The molecule has 0 aromatic carbocycles. The molecule has 3 saturated heterocycles. The molecule has 1 saturated carbocycles. The molecule has 1 unspecified atom stereocenters. The first-order chi connectivity index (χ1) is 11.7. The van der Waals surface area contributed by atoms with E-state index in [9.17, 15) is 0 Å². The molecule has 4 rings (SSSR count). The molecule has 7 heteroatoms. The predicted molar refractivity (Wildman–Crippen MR) is 114 cm³/mol. The lowest BCUT2D eigenvalue weighted by molar-refractivity contribution is 0.0154. The Bertz CT molecular complexity index is 420. The number of halogens is 1. The molecule has 25 heavy (non-hydrogen) atoms. The molecule has 0 spiro atoms. The van der Waals surface area contributed by atoms with Crippen LogP contribution in [0, 0.1) is 5.41 Å². The average molecular weight is 465 g/mol. The molecule has 4 aliphatic rings. The monoisotopic (exact) mass is 465 g/mol. The number of hydrogen-bond acceptors (Lipinski definition) is 4. The highest BCUT2D eigenvalue weighted by Gasteiger charge is 2.34. The summed E-state index contributed by atoms with van der Waals surface area (Å²) >= 11 is 0. The molecule has 0 radical (unpaired) electrons. The fraction of sp³-hybridized carbons (Fsp3) is 0.944. The Morgan fingerprint density at radius 1 is 1.16 bits per heavy atom. The van der Waals surface area contributed by atoms with Crippen molar-refractivity contribution >= 4 is 29.9 Å². The molecular formula is C18H36IN5O. The van der Waals surface area contributed by atoms with Crippen LogP contribution in [0.3, 0.4) is 0 Å². The highest BCUT2D eigenvalue weighted by Crippen LogP contribution is 2.40. The van der Waals surface area contributed by atoms with Gasteiger partial charge >= 0.3 is 0 Å². The maximum atomic E-state index is 5.33. The van der Waals surface area contributed by atoms with Gasteiger partial charge in [-0.15, -0.1) is 24.0 Å². The topological polar surface area (TPSA) is 52.1 Å². The fourth-order valence-corrected chi connectivity index (χ4v) is 4.58. The number of methoxy groups -OCH3 is 1. The van der Waals surface area contributed by atoms with E-state index >= 15 is 0 Å². The Morgan fingerprint density at radius 3 is 2.44 bits per heavy atom. The van der Waals surface area contributed by atoms with Crippen molar-refractivity contribution in [3.63, 3.8) is 0 Å². The summed E-state index contributed by atoms with van der Waals surface area (Å²) in [5, 5.41) is 7.16. The van der Waals surface area contributed by atoms with Crippen LogP contribution in [0.25, 0.3) is 0 Å². The largest absolute Gasteiger partial charge is 0.385 e. The minimum atomic E-state index is 0. The van der Waals surface area contributed by atoms with Gasteiger partial charge in [-0.1, -0.05) is 12.8 Å². The first-order valence-electron chi connectivity index (χ1n) is 9.64. The smallest absolute Gasteiger partial charge is 0.191 e. The number of ether oxygens (including phenoxy) is 1. The van der Waals surface area contributed by atoms with Gasteiger partial charge in [0.15, 0.2) is 5.96 Å². The van der Waals surface area contributed by atoms with Crippen LogP contribution in [0.4, 0.5) is 0 Å². The molecule has 2 bridgehead atoms. The molecular weight excluding hydrogens is 429 g/mol. The number of hydrogen-bond donors (Lipinski definition) is 2. The minimum Gasteiger partial charge on any atom is -0.385 e. The lowest BCUT2D eigenvalue weighted by Gasteiger charge is -2.47. The number of piperazine rings is 3. The normalized spacial score (nSPS) is 30.8. The van der Waals surface area contributed by atoms with Crippen molar-refractivity contribution in [1.29, 1.82) is 0 Å². The van der Waals surface area contributed by atoms with Crippen molar-refractivity contribution < 1.29 is 4.74 Å². The van der Waals surface area contributed by atoms with Crippen LogP contribution >= 0.6 is 24.0 Å². The summed E-state index contributed by atoms with van der Waals surface area (Å²) < 4.78 is 5.33. The number of aliphatic imine (C=N–C) groups is 1. The second-order valence-electron chi connectivity index (χ2n) is 7.75. The summed E-state index contributed by atoms with van der Waals surface area (Å²) in [5.41, 5.74) is 0.396. The summed E-state index contributed by atoms with van der Waals surface area (Å²) in [4.78, 5) is 9.64. The zero-order valence-electron chi connectivity index (χ0n) is 15.9. The Balaban J connectivity index is 0.00000225. The van der Waals surface area contributed by atoms with E-state index in [0.29, 0.717) is 11.5 Å². The van der Waals surface area contributed by atoms with Gasteiger partial charge in [0, 0.05) is 72.6 Å². The van der Waals surface area contributed by atoms with Crippen LogP contribution in [0.15, 0.2) is 4.99 Å². The van der Waals surface area contributed by atoms with Crippen LogP contribution in [0.2, 0.25) is 0 Å². The molecule has 0 aromatic rings. The van der Waals surface area contributed by atoms with Gasteiger partial charge in [-0.2, -0.15) is 0 Å². The van der Waals surface area contributed by atoms with E-state index in [4.69, 9.17) is 4.74 Å². The number of fused-ring (bicyclic) bond motifs is 3. The van der Waals surface area contributed by atoms with E-state index in [0.717, 1.165) is 32.1 Å². The molecule has 3 heterocycles. The quantitative estimate of drug-likeness (QED) is 0.338. The van der Waals surface area contributed by atoms with Crippen molar-refractivity contribution in [2.45, 2.75) is 38.1 Å². The second kappa shape index (κ2) is 10.3. The molecule has 0 aromatic heterocycles. The summed E-state index contributed by atoms with van der Waals surface area (Å²) in [6.45, 7) is 8.98. The molecule has 0 amide bonds. The lowest BCUT2D eigenvalue weighted by Crippen LogP contribution is -2.64. The molecule has 1 aliphatic carbocycles. The van der Waals surface area contributed by atoms with Crippen molar-refractivity contribution in [1.82, 2.24) is 20.4 Å². The Kier molecular flexibility index (Phi) is 8.71. The van der Waals surface area contributed by atoms with Crippen LogP contribution in [0.1, 0.15) is 32.1 Å². The van der Waals surface area contributed by atoms with Gasteiger partial charge in [0.2, 0.25) is 0 Å². The molecule has 4 fully saturated rings. The molecule has 146 valence electrons. The third-order valence-electron chi connectivity index (χ3n) is 6.25. The van der Waals surface area contributed by atoms with Gasteiger partial charge in [-0.25, -0.2) is 0 Å². The predicted octanol–water partition coefficient (Wildman–Crippen LogP) is 1.37. The summed E-state index contributed by atoms with van der Waals surface area (Å²) in [6.07, 6.45) is 6.48. The molecule has 6 nitrogen and oxygen atoms in total. The van der Waals surface area contributed by atoms with Crippen LogP contribution in [-0.4, -0.2) is 88.4 Å². The van der Waals surface area contributed by atoms with Gasteiger partial charge in [-0.05, 0) is 24.7 Å². The third-order valence-corrected chi connectivity index (χ3v) is 6.25. The molecule has 1 atom stereocenters. The summed E-state index contributed by atoms with van der Waals surface area (Å²) in [6, 6.07) is 0.625. The second-order valence-corrected chi connectivity index (χ2v) is 7.75. The van der Waals surface area contributed by atoms with Crippen LogP contribution in [-0.2, 0) is 4.74 Å². The zero-order chi connectivity index (χ0) is 16.8. The summed E-state index contributed by atoms with van der Waals surface area (Å²) in [5.74, 6) is 0.955. The van der Waals surface area contributed by atoms with E-state index in [1.807, 2.05) is 7.05 Å². The number of nitrogens with one attached hydrogen (secondary N) is 2. The maximum Gasteiger partial charge on any atom is 0.191 e. The highest BCUT2D eigenvalue weighted by atomic mass is 127. The van der Waals surface area contributed by atoms with E-state index in [2.05, 4.69) is 25.4 Å². The molecule has 2 N–H and O–H groups in total. The van der Waals surface area contributed by atoms with Crippen molar-refractivity contribution in [2.24, 2.45) is 10.4 Å². The van der Waals surface area contributed by atoms with Crippen molar-refractivity contribution in [2.75, 3.05) is 66.6 Å². The van der Waals surface area contributed by atoms with E-state index in [1.165, 1.54) is 58.4 Å². The number of rotatable bonds is 7. The first-order valence-corrected chi connectivity index (χ1v) is 9.64. The van der Waals surface area contributed by atoms with Crippen LogP contribution in [0.5, 0.6) is 0 Å². The first kappa shape index (κ1) is 21.2. The van der Waals surface area contributed by atoms with Crippen molar-refractivity contribution in [3.05, 3.63) is 0 Å². The van der Waals surface area contributed by atoms with Gasteiger partial charge in [0.1, 0.15) is 0 Å². The standard InChI is InChI=1S/C18H35N5O.HI/c1-19-17(20-13-16-14-22-8-10-23(16)11-9-22)21-15-18(7-12-24-2)5-3-4-6-18;/h16H,3-15H2,1-2H3,(H2,19,20,21);1H. The van der Waals surface area contributed by atoms with Crippen molar-refractivity contribution in [3.8, 4) is 0 Å². The lowest BCUT2D eigenvalue weighted by atomic mass is 9.83. The third kappa shape index (κ3) is 5.68. The van der Waals surface area contributed by atoms with Gasteiger partial charge in [0.25, 0.3) is 0 Å². The van der Waals surface area contributed by atoms with E-state index in [1.54, 1.807) is 7.11 Å². The SMILES string of the molecule is CN=C(NCC1CN2CCN1CC2)NCC1(CCOC)CCCC1.I.